The lowest BCUT2D eigenvalue weighted by molar-refractivity contribution is -0.119. The van der Waals surface area contributed by atoms with Gasteiger partial charge in [-0.25, -0.2) is 0 Å². The van der Waals surface area contributed by atoms with Gasteiger partial charge in [-0.2, -0.15) is 0 Å². The Bertz CT molecular complexity index is 985. The second-order valence-corrected chi connectivity index (χ2v) is 7.51. The van der Waals surface area contributed by atoms with Gasteiger partial charge >= 0.3 is 0 Å². The van der Waals surface area contributed by atoms with Crippen LogP contribution in [0.25, 0.3) is 0 Å². The molecule has 0 saturated heterocycles. The van der Waals surface area contributed by atoms with Crippen molar-refractivity contribution >= 4 is 17.5 Å². The predicted molar refractivity (Wildman–Crippen MR) is 125 cm³/mol. The fraction of sp³-hybridized carbons (Fsp3) is 0.231. The van der Waals surface area contributed by atoms with Crippen molar-refractivity contribution in [3.05, 3.63) is 101 Å². The summed E-state index contributed by atoms with van der Waals surface area (Å²) < 4.78 is 0. The molecule has 0 aromatic heterocycles. The molecule has 0 fully saturated rings. The first-order chi connectivity index (χ1) is 15.1. The van der Waals surface area contributed by atoms with E-state index in [2.05, 4.69) is 28.1 Å². The van der Waals surface area contributed by atoms with Gasteiger partial charge in [0.2, 0.25) is 5.91 Å². The standard InChI is InChI=1S/C26H29N3O2/c1-20-13-15-22(16-14-20)18-29-26(31)23-11-5-6-12-24(23)28-19-25(30)27-17-7-10-21-8-3-2-4-9-21/h2-6,8-9,11-16,28H,7,10,17-19H2,1H3,(H,27,30)(H,29,31). The van der Waals surface area contributed by atoms with Gasteiger partial charge in [-0.15, -0.1) is 0 Å². The molecule has 0 heterocycles. The Kier molecular flexibility index (Phi) is 8.23. The van der Waals surface area contributed by atoms with Crippen LogP contribution in [0.4, 0.5) is 5.69 Å². The van der Waals surface area contributed by atoms with Crippen LogP contribution in [0, 0.1) is 6.92 Å². The quantitative estimate of drug-likeness (QED) is 0.437. The van der Waals surface area contributed by atoms with Crippen molar-refractivity contribution < 1.29 is 9.59 Å². The minimum atomic E-state index is -0.174. The van der Waals surface area contributed by atoms with Gasteiger partial charge < -0.3 is 16.0 Å². The molecule has 5 heteroatoms. The fourth-order valence-corrected chi connectivity index (χ4v) is 3.22. The smallest absolute Gasteiger partial charge is 0.253 e. The summed E-state index contributed by atoms with van der Waals surface area (Å²) in [6.45, 7) is 3.22. The van der Waals surface area contributed by atoms with Crippen LogP contribution in [0.1, 0.15) is 33.5 Å². The van der Waals surface area contributed by atoms with Gasteiger partial charge in [-0.3, -0.25) is 9.59 Å². The van der Waals surface area contributed by atoms with Crippen molar-refractivity contribution in [1.29, 1.82) is 0 Å². The van der Waals surface area contributed by atoms with Crippen LogP contribution in [0.3, 0.4) is 0 Å². The van der Waals surface area contributed by atoms with Crippen LogP contribution < -0.4 is 16.0 Å². The Morgan fingerprint density at radius 2 is 1.48 bits per heavy atom. The third-order valence-corrected chi connectivity index (χ3v) is 4.99. The first kappa shape index (κ1) is 22.1. The second kappa shape index (κ2) is 11.6. The number of benzene rings is 3. The van der Waals surface area contributed by atoms with Crippen molar-refractivity contribution in [1.82, 2.24) is 10.6 Å². The maximum absolute atomic E-state index is 12.6. The molecule has 0 bridgehead atoms. The number of carbonyl (C=O) groups is 2. The number of carbonyl (C=O) groups excluding carboxylic acids is 2. The summed E-state index contributed by atoms with van der Waals surface area (Å²) in [5.41, 5.74) is 4.65. The number of anilines is 1. The van der Waals surface area contributed by atoms with Crippen molar-refractivity contribution in [3.63, 3.8) is 0 Å². The molecule has 0 aliphatic rings. The minimum Gasteiger partial charge on any atom is -0.376 e. The molecule has 0 radical (unpaired) electrons. The molecule has 5 nitrogen and oxygen atoms in total. The Morgan fingerprint density at radius 3 is 2.26 bits per heavy atom. The van der Waals surface area contributed by atoms with E-state index in [1.807, 2.05) is 67.6 Å². The number of nitrogens with one attached hydrogen (secondary N) is 3. The topological polar surface area (TPSA) is 70.2 Å². The van der Waals surface area contributed by atoms with E-state index < -0.39 is 0 Å². The summed E-state index contributed by atoms with van der Waals surface area (Å²) in [7, 11) is 0. The Balaban J connectivity index is 1.44. The molecule has 2 amide bonds. The summed E-state index contributed by atoms with van der Waals surface area (Å²) >= 11 is 0. The number of rotatable bonds is 10. The molecule has 31 heavy (non-hydrogen) atoms. The number of hydrogen-bond acceptors (Lipinski definition) is 3. The summed E-state index contributed by atoms with van der Waals surface area (Å²) in [5.74, 6) is -0.269. The molecule has 0 spiro atoms. The van der Waals surface area contributed by atoms with Gasteiger partial charge in [-0.05, 0) is 43.0 Å². The average molecular weight is 416 g/mol. The van der Waals surface area contributed by atoms with Crippen LogP contribution in [0.2, 0.25) is 0 Å². The van der Waals surface area contributed by atoms with Crippen LogP contribution in [-0.2, 0) is 17.8 Å². The maximum Gasteiger partial charge on any atom is 0.253 e. The Labute approximate surface area is 183 Å². The second-order valence-electron chi connectivity index (χ2n) is 7.51. The molecular weight excluding hydrogens is 386 g/mol. The van der Waals surface area contributed by atoms with E-state index in [-0.39, 0.29) is 18.4 Å². The highest BCUT2D eigenvalue weighted by Gasteiger charge is 2.11. The molecule has 3 aromatic rings. The zero-order valence-corrected chi connectivity index (χ0v) is 17.9. The van der Waals surface area contributed by atoms with Crippen molar-refractivity contribution in [2.45, 2.75) is 26.3 Å². The Morgan fingerprint density at radius 1 is 0.774 bits per heavy atom. The van der Waals surface area contributed by atoms with Gasteiger partial charge in [-0.1, -0.05) is 72.3 Å². The summed E-state index contributed by atoms with van der Waals surface area (Å²) in [6.07, 6.45) is 1.81. The highest BCUT2D eigenvalue weighted by Crippen LogP contribution is 2.15. The molecule has 3 N–H and O–H groups in total. The number of amides is 2. The molecule has 0 saturated carbocycles. The van der Waals surface area contributed by atoms with E-state index in [9.17, 15) is 9.59 Å². The zero-order chi connectivity index (χ0) is 21.9. The van der Waals surface area contributed by atoms with E-state index in [1.165, 1.54) is 11.1 Å². The van der Waals surface area contributed by atoms with Gasteiger partial charge in [0.25, 0.3) is 5.91 Å². The van der Waals surface area contributed by atoms with Gasteiger partial charge in [0.05, 0.1) is 12.1 Å². The molecule has 0 aliphatic carbocycles. The molecule has 160 valence electrons. The predicted octanol–water partition coefficient (Wildman–Crippen LogP) is 4.09. The SMILES string of the molecule is Cc1ccc(CNC(=O)c2ccccc2NCC(=O)NCCCc2ccccc2)cc1. The van der Waals surface area contributed by atoms with Gasteiger partial charge in [0, 0.05) is 18.8 Å². The Hall–Kier alpha value is -3.60. The maximum atomic E-state index is 12.6. The third kappa shape index (κ3) is 7.30. The molecule has 3 rings (SSSR count). The molecule has 0 aliphatic heterocycles. The molecule has 3 aromatic carbocycles. The largest absolute Gasteiger partial charge is 0.376 e. The summed E-state index contributed by atoms with van der Waals surface area (Å²) in [4.78, 5) is 24.8. The average Bonchev–Trinajstić information content (AvgIpc) is 2.81. The van der Waals surface area contributed by atoms with Crippen LogP contribution in [0.15, 0.2) is 78.9 Å². The number of hydrogen-bond donors (Lipinski definition) is 3. The van der Waals surface area contributed by atoms with E-state index in [1.54, 1.807) is 6.07 Å². The lowest BCUT2D eigenvalue weighted by atomic mass is 10.1. The first-order valence-corrected chi connectivity index (χ1v) is 10.6. The van der Waals surface area contributed by atoms with Crippen molar-refractivity contribution in [3.8, 4) is 0 Å². The van der Waals surface area contributed by atoms with E-state index in [0.717, 1.165) is 18.4 Å². The van der Waals surface area contributed by atoms with Crippen molar-refractivity contribution in [2.75, 3.05) is 18.4 Å². The molecule has 0 unspecified atom stereocenters. The lowest BCUT2D eigenvalue weighted by Crippen LogP contribution is -2.31. The van der Waals surface area contributed by atoms with Gasteiger partial charge in [0.1, 0.15) is 0 Å². The highest BCUT2D eigenvalue weighted by molar-refractivity contribution is 6.00. The highest BCUT2D eigenvalue weighted by atomic mass is 16.2. The number of aryl methyl sites for hydroxylation is 2. The minimum absolute atomic E-state index is 0.0945. The van der Waals surface area contributed by atoms with Crippen LogP contribution >= 0.6 is 0 Å². The number of para-hydroxylation sites is 1. The first-order valence-electron chi connectivity index (χ1n) is 10.6. The monoisotopic (exact) mass is 415 g/mol. The van der Waals surface area contributed by atoms with E-state index in [0.29, 0.717) is 24.3 Å². The normalized spacial score (nSPS) is 10.4. The van der Waals surface area contributed by atoms with E-state index in [4.69, 9.17) is 0 Å². The van der Waals surface area contributed by atoms with Crippen LogP contribution in [-0.4, -0.2) is 24.9 Å². The third-order valence-electron chi connectivity index (χ3n) is 4.99. The summed E-state index contributed by atoms with van der Waals surface area (Å²) in [5, 5.41) is 8.95. The fourth-order valence-electron chi connectivity index (χ4n) is 3.22. The van der Waals surface area contributed by atoms with Crippen LogP contribution in [0.5, 0.6) is 0 Å². The lowest BCUT2D eigenvalue weighted by Gasteiger charge is -2.12. The molecule has 0 atom stereocenters. The molecular formula is C26H29N3O2. The van der Waals surface area contributed by atoms with Crippen molar-refractivity contribution in [2.24, 2.45) is 0 Å². The zero-order valence-electron chi connectivity index (χ0n) is 17.9. The van der Waals surface area contributed by atoms with E-state index >= 15 is 0 Å². The van der Waals surface area contributed by atoms with Gasteiger partial charge in [0.15, 0.2) is 0 Å². The summed E-state index contributed by atoms with van der Waals surface area (Å²) in [6, 6.07) is 25.5.